The Kier molecular flexibility index (Phi) is 3.08. The Balaban J connectivity index is 0.00000176. The molecule has 112 valence electrons. The molecule has 0 saturated heterocycles. The van der Waals surface area contributed by atoms with Crippen LogP contribution >= 0.6 is 0 Å². The molecule has 2 aromatic rings. The van der Waals surface area contributed by atoms with Crippen molar-refractivity contribution in [2.75, 3.05) is 5.32 Å². The quantitative estimate of drug-likeness (QED) is 0.864. The lowest BCUT2D eigenvalue weighted by molar-refractivity contribution is 0.0635. The summed E-state index contributed by atoms with van der Waals surface area (Å²) in [5, 5.41) is 6.68. The second kappa shape index (κ2) is 4.80. The molecular weight excluding hydrogens is 272 g/mol. The minimum Gasteiger partial charge on any atom is -0.486 e. The van der Waals surface area contributed by atoms with E-state index in [9.17, 15) is 4.79 Å². The van der Waals surface area contributed by atoms with Gasteiger partial charge in [-0.05, 0) is 32.9 Å². The number of hydrogen-bond donors (Lipinski definition) is 1. The smallest absolute Gasteiger partial charge is 0.412 e. The normalized spacial score (nSPS) is 12.9. The molecule has 6 heteroatoms. The fourth-order valence-corrected chi connectivity index (χ4v) is 2.12. The number of para-hydroxylation sites is 1. The molecule has 0 bridgehead atoms. The number of amides is 1. The molecule has 2 heterocycles. The Morgan fingerprint density at radius 1 is 1.43 bits per heavy atom. The average Bonchev–Trinajstić information content (AvgIpc) is 2.85. The van der Waals surface area contributed by atoms with Gasteiger partial charge in [0.15, 0.2) is 5.75 Å². The van der Waals surface area contributed by atoms with Crippen molar-refractivity contribution in [3.05, 3.63) is 30.0 Å². The molecule has 1 amide bonds. The number of nitrogens with one attached hydrogen (secondary N) is 1. The number of ether oxygens (including phenoxy) is 2. The number of carbonyl (C=O) groups excluding carboxylic acids is 1. The third-order valence-corrected chi connectivity index (χ3v) is 2.92. The van der Waals surface area contributed by atoms with Crippen LogP contribution in [0.4, 0.5) is 10.5 Å². The lowest BCUT2D eigenvalue weighted by atomic mass is 10.0. The van der Waals surface area contributed by atoms with Crippen molar-refractivity contribution < 1.29 is 20.2 Å². The van der Waals surface area contributed by atoms with Crippen LogP contribution in [0.15, 0.2) is 29.0 Å². The Morgan fingerprint density at radius 3 is 3.00 bits per heavy atom. The highest BCUT2D eigenvalue weighted by Gasteiger charge is 2.25. The van der Waals surface area contributed by atoms with Crippen molar-refractivity contribution in [2.45, 2.75) is 33.0 Å². The number of rotatable bonds is 1. The van der Waals surface area contributed by atoms with Crippen molar-refractivity contribution in [1.82, 2.24) is 5.16 Å². The first-order valence-corrected chi connectivity index (χ1v) is 6.63. The van der Waals surface area contributed by atoms with Crippen molar-refractivity contribution in [3.63, 3.8) is 0 Å². The third-order valence-electron chi connectivity index (χ3n) is 2.92. The van der Waals surface area contributed by atoms with E-state index >= 15 is 0 Å². The molecule has 6 nitrogen and oxygen atoms in total. The van der Waals surface area contributed by atoms with Gasteiger partial charge in [0, 0.05) is 6.99 Å². The van der Waals surface area contributed by atoms with Gasteiger partial charge in [-0.1, -0.05) is 11.2 Å². The van der Waals surface area contributed by atoms with E-state index in [1.54, 1.807) is 12.3 Å². The number of aromatic nitrogens is 1. The van der Waals surface area contributed by atoms with Crippen molar-refractivity contribution in [3.8, 4) is 17.0 Å². The van der Waals surface area contributed by atoms with Gasteiger partial charge >= 0.3 is 6.09 Å². The average molecular weight is 290 g/mol. The fraction of sp³-hybridized carbons (Fsp3) is 0.333. The molecule has 0 atom stereocenters. The minimum atomic E-state index is -0.556. The summed E-state index contributed by atoms with van der Waals surface area (Å²) in [6.07, 6.45) is 1.04. The highest BCUT2D eigenvalue weighted by Crippen LogP contribution is 2.41. The maximum Gasteiger partial charge on any atom is 0.412 e. The molecule has 1 N–H and O–H groups in total. The minimum absolute atomic E-state index is 0. The zero-order chi connectivity index (χ0) is 15.0. The monoisotopic (exact) mass is 290 g/mol. The number of hydrogen-bond acceptors (Lipinski definition) is 5. The fourth-order valence-electron chi connectivity index (χ4n) is 2.12. The van der Waals surface area contributed by atoms with E-state index in [1.165, 1.54) is 0 Å². The van der Waals surface area contributed by atoms with Gasteiger partial charge in [-0.2, -0.15) is 0 Å². The maximum atomic E-state index is 11.9. The molecule has 3 rings (SSSR count). The highest BCUT2D eigenvalue weighted by molar-refractivity contribution is 5.90. The highest BCUT2D eigenvalue weighted by atomic mass is 16.6. The molecule has 0 radical (unpaired) electrons. The van der Waals surface area contributed by atoms with Crippen LogP contribution in [0.5, 0.6) is 5.75 Å². The number of nitrogens with zero attached hydrogens (tertiary/aromatic N) is 1. The van der Waals surface area contributed by atoms with E-state index < -0.39 is 11.7 Å². The molecule has 0 aliphatic carbocycles. The van der Waals surface area contributed by atoms with E-state index in [0.717, 1.165) is 16.8 Å². The van der Waals surface area contributed by atoms with Gasteiger partial charge in [-0.15, -0.1) is 0 Å². The second-order valence-electron chi connectivity index (χ2n) is 5.79. The van der Waals surface area contributed by atoms with E-state index in [1.807, 2.05) is 32.9 Å². The summed E-state index contributed by atoms with van der Waals surface area (Å²) in [5.41, 5.74) is 2.41. The van der Waals surface area contributed by atoms with Crippen molar-refractivity contribution in [1.29, 1.82) is 0 Å². The number of anilines is 1. The topological polar surface area (TPSA) is 73.6 Å². The summed E-state index contributed by atoms with van der Waals surface area (Å²) in [6, 6.07) is 5.45. The van der Waals surface area contributed by atoms with E-state index in [-0.39, 0.29) is 1.43 Å². The first-order valence-electron chi connectivity index (χ1n) is 6.63. The molecule has 0 spiro atoms. The summed E-state index contributed by atoms with van der Waals surface area (Å²) >= 11 is 0. The van der Waals surface area contributed by atoms with Gasteiger partial charge in [-0.3, -0.25) is 5.32 Å². The van der Waals surface area contributed by atoms with Gasteiger partial charge in [0.2, 0.25) is 0 Å². The van der Waals surface area contributed by atoms with Crippen molar-refractivity contribution >= 4 is 11.8 Å². The molecule has 0 unspecified atom stereocenters. The summed E-state index contributed by atoms with van der Waals surface area (Å²) in [4.78, 5) is 11.9. The molecule has 1 aliphatic heterocycles. The Morgan fingerprint density at radius 2 is 2.24 bits per heavy atom. The van der Waals surface area contributed by atoms with Crippen LogP contribution in [-0.2, 0) is 11.3 Å². The predicted molar refractivity (Wildman–Crippen MR) is 78.2 cm³/mol. The molecule has 21 heavy (non-hydrogen) atoms. The zero-order valence-corrected chi connectivity index (χ0v) is 12.1. The Hall–Kier alpha value is -2.50. The van der Waals surface area contributed by atoms with Crippen LogP contribution in [0.2, 0.25) is 0 Å². The Labute approximate surface area is 123 Å². The lowest BCUT2D eigenvalue weighted by Gasteiger charge is -2.22. The van der Waals surface area contributed by atoms with Gasteiger partial charge in [-0.25, -0.2) is 4.79 Å². The van der Waals surface area contributed by atoms with Crippen LogP contribution < -0.4 is 10.1 Å². The van der Waals surface area contributed by atoms with Crippen molar-refractivity contribution in [2.24, 2.45) is 0 Å². The zero-order valence-electron chi connectivity index (χ0n) is 12.1. The lowest BCUT2D eigenvalue weighted by Crippen LogP contribution is -2.27. The van der Waals surface area contributed by atoms with Gasteiger partial charge in [0.1, 0.15) is 24.2 Å². The Bertz CT molecular complexity index is 691. The van der Waals surface area contributed by atoms with Gasteiger partial charge < -0.3 is 14.0 Å². The van der Waals surface area contributed by atoms with Gasteiger partial charge in [0.25, 0.3) is 0 Å². The maximum absolute atomic E-state index is 11.9. The van der Waals surface area contributed by atoms with Crippen LogP contribution in [0.1, 0.15) is 27.8 Å². The molecule has 1 aliphatic rings. The predicted octanol–water partition coefficient (Wildman–Crippen LogP) is 3.83. The third kappa shape index (κ3) is 2.69. The summed E-state index contributed by atoms with van der Waals surface area (Å²) in [7, 11) is 0. The summed E-state index contributed by atoms with van der Waals surface area (Å²) < 4.78 is 15.9. The van der Waals surface area contributed by atoms with E-state index in [0.29, 0.717) is 18.0 Å². The van der Waals surface area contributed by atoms with Crippen LogP contribution in [0.25, 0.3) is 11.3 Å². The largest absolute Gasteiger partial charge is 0.486 e. The number of benzene rings is 1. The number of carbonyl (C=O) groups is 1. The van der Waals surface area contributed by atoms with Gasteiger partial charge in [0.05, 0.1) is 11.3 Å². The molecule has 0 fully saturated rings. The first kappa shape index (κ1) is 13.5. The first-order chi connectivity index (χ1) is 9.94. The van der Waals surface area contributed by atoms with E-state index in [2.05, 4.69) is 10.5 Å². The number of fused-ring (bicyclic) bond motifs is 3. The van der Waals surface area contributed by atoms with Crippen LogP contribution in [0.3, 0.4) is 0 Å². The van der Waals surface area contributed by atoms with E-state index in [4.69, 9.17) is 14.0 Å². The molecule has 1 aromatic heterocycles. The molecular formula is C15H18N2O4. The SMILES string of the molecule is CC(C)(C)OC(=O)Nc1cccc2c1OCc1conc1-2.[HH]. The van der Waals surface area contributed by atoms with Crippen LogP contribution in [-0.4, -0.2) is 16.9 Å². The summed E-state index contributed by atoms with van der Waals surface area (Å²) in [5.74, 6) is 0.574. The summed E-state index contributed by atoms with van der Waals surface area (Å²) in [6.45, 7) is 5.79. The standard InChI is InChI=1S/C15H16N2O4.H2/c1-15(2,3)21-14(18)16-11-6-4-5-10-12-9(8-20-17-12)7-19-13(10)11;/h4-6,8H,7H2,1-3H3,(H,16,18);1H. The molecule has 0 saturated carbocycles. The molecule has 1 aromatic carbocycles. The van der Waals surface area contributed by atoms with Crippen LogP contribution in [0, 0.1) is 0 Å². The second-order valence-corrected chi connectivity index (χ2v) is 5.79.